The number of amides is 1. The number of thiophene rings is 1. The van der Waals surface area contributed by atoms with Crippen LogP contribution in [0.3, 0.4) is 0 Å². The fraction of sp³-hybridized carbons (Fsp3) is 0.133. The number of carbonyl (C=O) groups is 3. The van der Waals surface area contributed by atoms with Gasteiger partial charge in [0.15, 0.2) is 11.6 Å². The molecule has 0 saturated carbocycles. The molecule has 1 aliphatic rings. The third-order valence-electron chi connectivity index (χ3n) is 3.63. The minimum absolute atomic E-state index is 0.161. The van der Waals surface area contributed by atoms with E-state index in [-0.39, 0.29) is 16.1 Å². The molecule has 22 heavy (non-hydrogen) atoms. The molecule has 0 aliphatic heterocycles. The molecule has 1 aliphatic carbocycles. The van der Waals surface area contributed by atoms with Crippen molar-refractivity contribution in [2.75, 3.05) is 0 Å². The molecular formula is C15H9ClFNO3S. The smallest absolute Gasteiger partial charge is 0.232 e. The first-order valence-electron chi connectivity index (χ1n) is 6.31. The predicted octanol–water partition coefficient (Wildman–Crippen LogP) is 2.66. The number of benzene rings is 1. The van der Waals surface area contributed by atoms with E-state index < -0.39 is 35.1 Å². The third-order valence-corrected chi connectivity index (χ3v) is 4.80. The van der Waals surface area contributed by atoms with E-state index in [1.807, 2.05) is 0 Å². The lowest BCUT2D eigenvalue weighted by Gasteiger charge is -2.08. The Kier molecular flexibility index (Phi) is 3.58. The first-order chi connectivity index (χ1) is 10.4. The van der Waals surface area contributed by atoms with E-state index >= 15 is 0 Å². The number of halogens is 2. The number of primary amides is 1. The zero-order valence-corrected chi connectivity index (χ0v) is 12.6. The summed E-state index contributed by atoms with van der Waals surface area (Å²) in [6.45, 7) is 0. The van der Waals surface area contributed by atoms with Crippen LogP contribution < -0.4 is 5.73 Å². The first kappa shape index (κ1) is 14.9. The lowest BCUT2D eigenvalue weighted by Crippen LogP contribution is -2.28. The second-order valence-corrected chi connectivity index (χ2v) is 6.26. The van der Waals surface area contributed by atoms with Gasteiger partial charge in [-0.25, -0.2) is 4.39 Å². The standard InChI is InChI=1S/C15H9ClFNO3S/c16-8-4-6-7(5-9(8)17)11(14(20)12(6)15(18)21)13(19)10-2-1-3-22-10/h1-5,11-12H,(H2,18,21). The molecule has 2 aromatic rings. The van der Waals surface area contributed by atoms with E-state index in [1.54, 1.807) is 17.5 Å². The Bertz CT molecular complexity index is 803. The summed E-state index contributed by atoms with van der Waals surface area (Å²) in [5.41, 5.74) is 5.64. The highest BCUT2D eigenvalue weighted by molar-refractivity contribution is 7.12. The van der Waals surface area contributed by atoms with Gasteiger partial charge in [-0.2, -0.15) is 0 Å². The zero-order valence-electron chi connectivity index (χ0n) is 11.0. The van der Waals surface area contributed by atoms with Gasteiger partial charge < -0.3 is 5.73 Å². The van der Waals surface area contributed by atoms with E-state index in [4.69, 9.17) is 17.3 Å². The average molecular weight is 338 g/mol. The Balaban J connectivity index is 2.18. The number of carbonyl (C=O) groups excluding carboxylic acids is 3. The highest BCUT2D eigenvalue weighted by Gasteiger charge is 2.46. The van der Waals surface area contributed by atoms with E-state index in [0.29, 0.717) is 4.88 Å². The molecule has 3 rings (SSSR count). The first-order valence-corrected chi connectivity index (χ1v) is 7.57. The second-order valence-electron chi connectivity index (χ2n) is 4.91. The molecule has 0 radical (unpaired) electrons. The van der Waals surface area contributed by atoms with Crippen LogP contribution in [0.25, 0.3) is 0 Å². The molecule has 2 N–H and O–H groups in total. The van der Waals surface area contributed by atoms with Crippen LogP contribution in [0.1, 0.15) is 32.6 Å². The number of fused-ring (bicyclic) bond motifs is 1. The summed E-state index contributed by atoms with van der Waals surface area (Å²) < 4.78 is 13.7. The second kappa shape index (κ2) is 5.30. The average Bonchev–Trinajstić information content (AvgIpc) is 3.05. The zero-order chi connectivity index (χ0) is 16.0. The minimum Gasteiger partial charge on any atom is -0.369 e. The maximum Gasteiger partial charge on any atom is 0.232 e. The van der Waals surface area contributed by atoms with E-state index in [2.05, 4.69) is 0 Å². The molecule has 1 aromatic heterocycles. The van der Waals surface area contributed by atoms with Crippen molar-refractivity contribution in [1.82, 2.24) is 0 Å². The van der Waals surface area contributed by atoms with Gasteiger partial charge in [0, 0.05) is 0 Å². The predicted molar refractivity (Wildman–Crippen MR) is 79.7 cm³/mol. The van der Waals surface area contributed by atoms with Crippen LogP contribution >= 0.6 is 22.9 Å². The van der Waals surface area contributed by atoms with Crippen LogP contribution in [0.4, 0.5) is 4.39 Å². The van der Waals surface area contributed by atoms with E-state index in [1.165, 1.54) is 17.4 Å². The summed E-state index contributed by atoms with van der Waals surface area (Å²) >= 11 is 6.89. The lowest BCUT2D eigenvalue weighted by molar-refractivity contribution is -0.128. The Morgan fingerprint density at radius 2 is 1.91 bits per heavy atom. The van der Waals surface area contributed by atoms with Gasteiger partial charge >= 0.3 is 0 Å². The summed E-state index contributed by atoms with van der Waals surface area (Å²) in [6, 6.07) is 5.48. The van der Waals surface area contributed by atoms with Gasteiger partial charge in [-0.3, -0.25) is 14.4 Å². The number of Topliss-reactive ketones (excluding diaryl/α,β-unsaturated/α-hetero) is 2. The minimum atomic E-state index is -1.28. The normalized spacial score (nSPS) is 20.0. The maximum absolute atomic E-state index is 13.7. The van der Waals surface area contributed by atoms with Gasteiger partial charge in [-0.15, -0.1) is 11.3 Å². The fourth-order valence-corrected chi connectivity index (χ4v) is 3.54. The third kappa shape index (κ3) is 2.15. The van der Waals surface area contributed by atoms with Crippen LogP contribution in [-0.4, -0.2) is 17.5 Å². The quantitative estimate of drug-likeness (QED) is 0.691. The molecule has 0 spiro atoms. The summed E-state index contributed by atoms with van der Waals surface area (Å²) in [5.74, 6) is -5.23. The molecule has 1 heterocycles. The Labute approximate surface area is 133 Å². The van der Waals surface area contributed by atoms with Gasteiger partial charge in [0.05, 0.1) is 9.90 Å². The van der Waals surface area contributed by atoms with Gasteiger partial charge in [0.1, 0.15) is 17.7 Å². The van der Waals surface area contributed by atoms with Gasteiger partial charge in [-0.1, -0.05) is 17.7 Å². The molecule has 0 fully saturated rings. The highest BCUT2D eigenvalue weighted by atomic mass is 35.5. The van der Waals surface area contributed by atoms with Gasteiger partial charge in [0.2, 0.25) is 5.91 Å². The van der Waals surface area contributed by atoms with Crippen molar-refractivity contribution in [2.45, 2.75) is 11.8 Å². The fourth-order valence-electron chi connectivity index (χ4n) is 2.68. The molecule has 112 valence electrons. The molecule has 7 heteroatoms. The van der Waals surface area contributed by atoms with Crippen molar-refractivity contribution in [2.24, 2.45) is 5.73 Å². The highest BCUT2D eigenvalue weighted by Crippen LogP contribution is 2.42. The topological polar surface area (TPSA) is 77.2 Å². The molecule has 1 amide bonds. The van der Waals surface area contributed by atoms with E-state index in [0.717, 1.165) is 6.07 Å². The SMILES string of the molecule is NC(=O)C1C(=O)C(C(=O)c2cccs2)c2cc(F)c(Cl)cc21. The lowest BCUT2D eigenvalue weighted by atomic mass is 9.94. The Morgan fingerprint density at radius 1 is 1.23 bits per heavy atom. The summed E-state index contributed by atoms with van der Waals surface area (Å²) in [5, 5.41) is 1.48. The van der Waals surface area contributed by atoms with Crippen molar-refractivity contribution in [3.8, 4) is 0 Å². The molecule has 2 atom stereocenters. The maximum atomic E-state index is 13.7. The summed E-state index contributed by atoms with van der Waals surface area (Å²) in [7, 11) is 0. The number of nitrogens with two attached hydrogens (primary N) is 1. The van der Waals surface area contributed by atoms with Crippen molar-refractivity contribution in [3.05, 3.63) is 56.5 Å². The van der Waals surface area contributed by atoms with Crippen LogP contribution in [0.15, 0.2) is 29.6 Å². The van der Waals surface area contributed by atoms with E-state index in [9.17, 15) is 18.8 Å². The van der Waals surface area contributed by atoms with Crippen molar-refractivity contribution < 1.29 is 18.8 Å². The van der Waals surface area contributed by atoms with Gasteiger partial charge in [-0.05, 0) is 34.7 Å². The number of ketones is 2. The largest absolute Gasteiger partial charge is 0.369 e. The molecule has 0 saturated heterocycles. The molecule has 1 aromatic carbocycles. The van der Waals surface area contributed by atoms with Crippen molar-refractivity contribution >= 4 is 40.4 Å². The number of rotatable bonds is 3. The Morgan fingerprint density at radius 3 is 2.50 bits per heavy atom. The molecule has 0 bridgehead atoms. The van der Waals surface area contributed by atoms with Gasteiger partial charge in [0.25, 0.3) is 0 Å². The van der Waals surface area contributed by atoms with Crippen LogP contribution in [0.5, 0.6) is 0 Å². The van der Waals surface area contributed by atoms with Crippen molar-refractivity contribution in [3.63, 3.8) is 0 Å². The summed E-state index contributed by atoms with van der Waals surface area (Å²) in [6.07, 6.45) is 0. The van der Waals surface area contributed by atoms with Crippen LogP contribution in [0.2, 0.25) is 5.02 Å². The van der Waals surface area contributed by atoms with Crippen molar-refractivity contribution in [1.29, 1.82) is 0 Å². The van der Waals surface area contributed by atoms with Crippen LogP contribution in [-0.2, 0) is 9.59 Å². The monoisotopic (exact) mass is 337 g/mol. The molecule has 4 nitrogen and oxygen atoms in total. The van der Waals surface area contributed by atoms with Crippen LogP contribution in [0, 0.1) is 5.82 Å². The molecular weight excluding hydrogens is 329 g/mol. The Hall–Kier alpha value is -2.05. The number of hydrogen-bond acceptors (Lipinski definition) is 4. The summed E-state index contributed by atoms with van der Waals surface area (Å²) in [4.78, 5) is 37.0. The number of hydrogen-bond donors (Lipinski definition) is 1. The molecule has 2 unspecified atom stereocenters.